The first kappa shape index (κ1) is 18.2. The third kappa shape index (κ3) is 3.93. The minimum atomic E-state index is -0.115. The van der Waals surface area contributed by atoms with E-state index in [0.717, 1.165) is 25.8 Å². The van der Waals surface area contributed by atoms with E-state index in [1.54, 1.807) is 23.7 Å². The molecule has 0 aliphatic rings. The highest BCUT2D eigenvalue weighted by molar-refractivity contribution is 9.10. The molecule has 3 heterocycles. The third-order valence-corrected chi connectivity index (χ3v) is 6.28. The second-order valence-corrected chi connectivity index (χ2v) is 8.29. The predicted molar refractivity (Wildman–Crippen MR) is 113 cm³/mol. The maximum atomic E-state index is 12.9. The lowest BCUT2D eigenvalue weighted by atomic mass is 10.2. The Morgan fingerprint density at radius 2 is 2.07 bits per heavy atom. The smallest absolute Gasteiger partial charge is 0.268 e. The van der Waals surface area contributed by atoms with Gasteiger partial charge < -0.3 is 9.88 Å². The summed E-state index contributed by atoms with van der Waals surface area (Å²) in [7, 11) is 0. The van der Waals surface area contributed by atoms with Crippen molar-refractivity contribution in [3.8, 4) is 0 Å². The van der Waals surface area contributed by atoms with Gasteiger partial charge in [-0.25, -0.2) is 0 Å². The molecule has 0 spiro atoms. The Labute approximate surface area is 173 Å². The SMILES string of the molecule is O=C(NCc1cccnc1)c1cc2scc(Br)c2n1Cc1cccc(Cl)c1. The van der Waals surface area contributed by atoms with Crippen molar-refractivity contribution in [1.29, 1.82) is 0 Å². The fraction of sp³-hybridized carbons (Fsp3) is 0.100. The van der Waals surface area contributed by atoms with Crippen molar-refractivity contribution in [3.05, 3.63) is 86.6 Å². The molecule has 0 radical (unpaired) electrons. The maximum Gasteiger partial charge on any atom is 0.268 e. The van der Waals surface area contributed by atoms with Crippen LogP contribution in [0.1, 0.15) is 21.6 Å². The fourth-order valence-corrected chi connectivity index (χ4v) is 4.88. The molecule has 1 amide bonds. The molecule has 0 bridgehead atoms. The number of benzene rings is 1. The number of carbonyl (C=O) groups is 1. The zero-order valence-corrected chi connectivity index (χ0v) is 17.3. The van der Waals surface area contributed by atoms with E-state index >= 15 is 0 Å². The molecule has 1 aromatic carbocycles. The molecule has 0 saturated carbocycles. The second kappa shape index (κ2) is 7.84. The minimum absolute atomic E-state index is 0.115. The minimum Gasteiger partial charge on any atom is -0.347 e. The molecule has 0 atom stereocenters. The van der Waals surface area contributed by atoms with Gasteiger partial charge in [0.05, 0.1) is 14.7 Å². The average Bonchev–Trinajstić information content (AvgIpc) is 3.21. The van der Waals surface area contributed by atoms with Gasteiger partial charge in [-0.05, 0) is 51.3 Å². The lowest BCUT2D eigenvalue weighted by Gasteiger charge is -2.12. The van der Waals surface area contributed by atoms with Gasteiger partial charge in [-0.3, -0.25) is 9.78 Å². The highest BCUT2D eigenvalue weighted by Crippen LogP contribution is 2.34. The van der Waals surface area contributed by atoms with E-state index in [1.165, 1.54) is 0 Å². The van der Waals surface area contributed by atoms with Crippen LogP contribution in [-0.2, 0) is 13.1 Å². The Bertz CT molecular complexity index is 1110. The highest BCUT2D eigenvalue weighted by atomic mass is 79.9. The molecule has 0 unspecified atom stereocenters. The lowest BCUT2D eigenvalue weighted by molar-refractivity contribution is 0.0942. The van der Waals surface area contributed by atoms with Crippen LogP contribution in [0.4, 0.5) is 0 Å². The van der Waals surface area contributed by atoms with Crippen molar-refractivity contribution in [3.63, 3.8) is 0 Å². The second-order valence-electron chi connectivity index (χ2n) is 6.09. The highest BCUT2D eigenvalue weighted by Gasteiger charge is 2.19. The number of amides is 1. The van der Waals surface area contributed by atoms with Gasteiger partial charge >= 0.3 is 0 Å². The number of aromatic nitrogens is 2. The van der Waals surface area contributed by atoms with Gasteiger partial charge in [0.1, 0.15) is 5.69 Å². The van der Waals surface area contributed by atoms with E-state index < -0.39 is 0 Å². The van der Waals surface area contributed by atoms with Crippen LogP contribution < -0.4 is 5.32 Å². The summed E-state index contributed by atoms with van der Waals surface area (Å²) < 4.78 is 4.08. The summed E-state index contributed by atoms with van der Waals surface area (Å²) in [6.07, 6.45) is 3.47. The zero-order valence-electron chi connectivity index (χ0n) is 14.2. The van der Waals surface area contributed by atoms with Crippen LogP contribution in [0.5, 0.6) is 0 Å². The van der Waals surface area contributed by atoms with Gasteiger partial charge in [0.25, 0.3) is 5.91 Å². The van der Waals surface area contributed by atoms with E-state index in [9.17, 15) is 4.79 Å². The molecule has 0 saturated heterocycles. The van der Waals surface area contributed by atoms with E-state index in [0.29, 0.717) is 23.8 Å². The summed E-state index contributed by atoms with van der Waals surface area (Å²) >= 11 is 11.3. The van der Waals surface area contributed by atoms with Gasteiger partial charge in [-0.1, -0.05) is 29.8 Å². The summed E-state index contributed by atoms with van der Waals surface area (Å²) in [5.74, 6) is -0.115. The standard InChI is InChI=1S/C20H15BrClN3OS/c21-16-12-27-18-8-17(20(26)24-10-14-4-2-6-23-9-14)25(19(16)18)11-13-3-1-5-15(22)7-13/h1-9,12H,10-11H2,(H,24,26). The quantitative estimate of drug-likeness (QED) is 0.428. The normalized spacial score (nSPS) is 11.0. The van der Waals surface area contributed by atoms with Crippen LogP contribution in [0.25, 0.3) is 10.2 Å². The number of hydrogen-bond acceptors (Lipinski definition) is 3. The number of nitrogens with zero attached hydrogens (tertiary/aromatic N) is 2. The van der Waals surface area contributed by atoms with Crippen LogP contribution in [-0.4, -0.2) is 15.5 Å². The Morgan fingerprint density at radius 3 is 2.85 bits per heavy atom. The number of nitrogens with one attached hydrogen (secondary N) is 1. The Morgan fingerprint density at radius 1 is 1.22 bits per heavy atom. The van der Waals surface area contributed by atoms with E-state index in [-0.39, 0.29) is 5.91 Å². The number of halogens is 2. The average molecular weight is 461 g/mol. The summed E-state index contributed by atoms with van der Waals surface area (Å²) in [5, 5.41) is 5.71. The number of thiophene rings is 1. The molecule has 0 aliphatic heterocycles. The van der Waals surface area contributed by atoms with E-state index in [2.05, 4.69) is 26.2 Å². The molecule has 27 heavy (non-hydrogen) atoms. The van der Waals surface area contributed by atoms with Crippen molar-refractivity contribution >= 4 is 55.0 Å². The molecule has 7 heteroatoms. The molecule has 1 N–H and O–H groups in total. The number of fused-ring (bicyclic) bond motifs is 1. The summed E-state index contributed by atoms with van der Waals surface area (Å²) in [5.41, 5.74) is 3.65. The lowest BCUT2D eigenvalue weighted by Crippen LogP contribution is -2.25. The molecule has 136 valence electrons. The molecule has 4 aromatic rings. The first-order valence-corrected chi connectivity index (χ1v) is 10.3. The Hall–Kier alpha value is -2.15. The van der Waals surface area contributed by atoms with Crippen molar-refractivity contribution in [2.24, 2.45) is 0 Å². The monoisotopic (exact) mass is 459 g/mol. The Balaban J connectivity index is 1.66. The largest absolute Gasteiger partial charge is 0.347 e. The van der Waals surface area contributed by atoms with Crippen molar-refractivity contribution < 1.29 is 4.79 Å². The number of pyridine rings is 1. The summed E-state index contributed by atoms with van der Waals surface area (Å²) in [4.78, 5) is 17.0. The van der Waals surface area contributed by atoms with Crippen LogP contribution in [0.15, 0.2) is 64.7 Å². The molecule has 4 nitrogen and oxygen atoms in total. The number of carbonyl (C=O) groups excluding carboxylic acids is 1. The van der Waals surface area contributed by atoms with Crippen LogP contribution in [0.3, 0.4) is 0 Å². The van der Waals surface area contributed by atoms with Gasteiger partial charge in [0.2, 0.25) is 0 Å². The van der Waals surface area contributed by atoms with Crippen LogP contribution in [0.2, 0.25) is 5.02 Å². The number of hydrogen-bond donors (Lipinski definition) is 1. The molecule has 0 aliphatic carbocycles. The molecular weight excluding hydrogens is 446 g/mol. The van der Waals surface area contributed by atoms with Crippen molar-refractivity contribution in [1.82, 2.24) is 14.9 Å². The predicted octanol–water partition coefficient (Wildman–Crippen LogP) is 5.49. The molecular formula is C20H15BrClN3OS. The van der Waals surface area contributed by atoms with Crippen LogP contribution in [0, 0.1) is 0 Å². The first-order valence-electron chi connectivity index (χ1n) is 8.29. The first-order chi connectivity index (χ1) is 13.1. The van der Waals surface area contributed by atoms with E-state index in [1.807, 2.05) is 52.4 Å². The summed E-state index contributed by atoms with van der Waals surface area (Å²) in [6, 6.07) is 13.4. The van der Waals surface area contributed by atoms with Gasteiger partial charge in [-0.15, -0.1) is 11.3 Å². The Kier molecular flexibility index (Phi) is 5.29. The van der Waals surface area contributed by atoms with Gasteiger partial charge in [0, 0.05) is 35.9 Å². The summed E-state index contributed by atoms with van der Waals surface area (Å²) in [6.45, 7) is 0.999. The third-order valence-electron chi connectivity index (χ3n) is 4.22. The topological polar surface area (TPSA) is 46.9 Å². The van der Waals surface area contributed by atoms with Gasteiger partial charge in [0.15, 0.2) is 0 Å². The number of rotatable bonds is 5. The van der Waals surface area contributed by atoms with Crippen molar-refractivity contribution in [2.45, 2.75) is 13.1 Å². The van der Waals surface area contributed by atoms with E-state index in [4.69, 9.17) is 11.6 Å². The molecule has 3 aromatic heterocycles. The fourth-order valence-electron chi connectivity index (χ4n) is 2.98. The van der Waals surface area contributed by atoms with Gasteiger partial charge in [-0.2, -0.15) is 0 Å². The maximum absolute atomic E-state index is 12.9. The molecule has 4 rings (SSSR count). The zero-order chi connectivity index (χ0) is 18.8. The van der Waals surface area contributed by atoms with Crippen LogP contribution >= 0.6 is 38.9 Å². The van der Waals surface area contributed by atoms with Crippen molar-refractivity contribution in [2.75, 3.05) is 0 Å². The molecule has 0 fully saturated rings.